The summed E-state index contributed by atoms with van der Waals surface area (Å²) in [5, 5.41) is 17.5. The van der Waals surface area contributed by atoms with E-state index in [1.54, 1.807) is 12.1 Å². The Morgan fingerprint density at radius 3 is 2.68 bits per heavy atom. The van der Waals surface area contributed by atoms with Crippen LogP contribution >= 0.6 is 12.2 Å². The van der Waals surface area contributed by atoms with Crippen LogP contribution in [0.2, 0.25) is 0 Å². The third-order valence-electron chi connectivity index (χ3n) is 4.11. The summed E-state index contributed by atoms with van der Waals surface area (Å²) in [6, 6.07) is 8.66. The standard InChI is InChI=1S/C18H17F2N3OS/c1-10-8-14(17-15(24)7-6-13(20)16(10)17)22-23-18(25)21-9-11-2-4-12(19)5-3-11/h2-7,10,24H,8-9H2,1H3,(H2,21,23,25)/b22-14+/t10-/m1/s1. The maximum atomic E-state index is 14.0. The largest absolute Gasteiger partial charge is 0.507 e. The van der Waals surface area contributed by atoms with Gasteiger partial charge in [-0.25, -0.2) is 8.78 Å². The zero-order valence-corrected chi connectivity index (χ0v) is 14.3. The highest BCUT2D eigenvalue weighted by molar-refractivity contribution is 7.80. The summed E-state index contributed by atoms with van der Waals surface area (Å²) >= 11 is 5.16. The summed E-state index contributed by atoms with van der Waals surface area (Å²) < 4.78 is 26.8. The van der Waals surface area contributed by atoms with E-state index in [1.807, 2.05) is 6.92 Å². The molecular formula is C18H17F2N3OS. The molecule has 1 aliphatic rings. The molecule has 25 heavy (non-hydrogen) atoms. The predicted octanol–water partition coefficient (Wildman–Crippen LogP) is 3.55. The molecule has 2 aromatic rings. The molecule has 130 valence electrons. The van der Waals surface area contributed by atoms with Crippen LogP contribution in [0.4, 0.5) is 8.78 Å². The van der Waals surface area contributed by atoms with Crippen LogP contribution < -0.4 is 10.7 Å². The third-order valence-corrected chi connectivity index (χ3v) is 4.35. The highest BCUT2D eigenvalue weighted by Gasteiger charge is 2.30. The zero-order valence-electron chi connectivity index (χ0n) is 13.5. The second-order valence-electron chi connectivity index (χ2n) is 5.94. The molecule has 1 atom stereocenters. The summed E-state index contributed by atoms with van der Waals surface area (Å²) in [6.07, 6.45) is 0.511. The Morgan fingerprint density at radius 1 is 1.24 bits per heavy atom. The minimum Gasteiger partial charge on any atom is -0.507 e. The molecule has 0 radical (unpaired) electrons. The van der Waals surface area contributed by atoms with Gasteiger partial charge in [-0.2, -0.15) is 5.10 Å². The highest BCUT2D eigenvalue weighted by Crippen LogP contribution is 2.39. The van der Waals surface area contributed by atoms with E-state index >= 15 is 0 Å². The second-order valence-corrected chi connectivity index (χ2v) is 6.35. The maximum absolute atomic E-state index is 14.0. The molecule has 0 unspecified atom stereocenters. The van der Waals surface area contributed by atoms with Crippen molar-refractivity contribution in [2.75, 3.05) is 0 Å². The number of hydrogen-bond donors (Lipinski definition) is 3. The molecule has 0 bridgehead atoms. The Hall–Kier alpha value is -2.54. The Morgan fingerprint density at radius 2 is 1.96 bits per heavy atom. The van der Waals surface area contributed by atoms with Crippen molar-refractivity contribution in [3.63, 3.8) is 0 Å². The first-order chi connectivity index (χ1) is 12.0. The quantitative estimate of drug-likeness (QED) is 0.578. The number of aromatic hydroxyl groups is 1. The first-order valence-electron chi connectivity index (χ1n) is 7.82. The summed E-state index contributed by atoms with van der Waals surface area (Å²) in [5.41, 5.74) is 5.06. The first-order valence-corrected chi connectivity index (χ1v) is 8.23. The van der Waals surface area contributed by atoms with E-state index < -0.39 is 0 Å². The monoisotopic (exact) mass is 361 g/mol. The van der Waals surface area contributed by atoms with E-state index in [0.717, 1.165) is 5.56 Å². The summed E-state index contributed by atoms with van der Waals surface area (Å²) in [4.78, 5) is 0. The molecule has 0 spiro atoms. The van der Waals surface area contributed by atoms with Gasteiger partial charge in [0, 0.05) is 17.7 Å². The lowest BCUT2D eigenvalue weighted by atomic mass is 10.0. The van der Waals surface area contributed by atoms with Gasteiger partial charge in [-0.15, -0.1) is 0 Å². The number of nitrogens with zero attached hydrogens (tertiary/aromatic N) is 1. The number of hydrazone groups is 1. The van der Waals surface area contributed by atoms with Gasteiger partial charge in [0.25, 0.3) is 0 Å². The molecule has 1 aliphatic carbocycles. The molecule has 0 heterocycles. The molecular weight excluding hydrogens is 344 g/mol. The van der Waals surface area contributed by atoms with Crippen LogP contribution in [0.3, 0.4) is 0 Å². The Labute approximate surface area is 149 Å². The smallest absolute Gasteiger partial charge is 0.187 e. The zero-order chi connectivity index (χ0) is 18.0. The number of halogens is 2. The van der Waals surface area contributed by atoms with E-state index in [2.05, 4.69) is 15.8 Å². The molecule has 3 rings (SSSR count). The number of nitrogens with one attached hydrogen (secondary N) is 2. The second kappa shape index (κ2) is 7.14. The number of phenols is 1. The van der Waals surface area contributed by atoms with Crippen molar-refractivity contribution in [3.8, 4) is 5.75 Å². The Kier molecular flexibility index (Phi) is 4.94. The fraction of sp³-hybridized carbons (Fsp3) is 0.222. The van der Waals surface area contributed by atoms with Crippen LogP contribution in [0.25, 0.3) is 0 Å². The average molecular weight is 361 g/mol. The van der Waals surface area contributed by atoms with Gasteiger partial charge in [-0.1, -0.05) is 19.1 Å². The van der Waals surface area contributed by atoms with Crippen LogP contribution in [0.1, 0.15) is 36.0 Å². The van der Waals surface area contributed by atoms with E-state index in [4.69, 9.17) is 12.2 Å². The molecule has 2 aromatic carbocycles. The topological polar surface area (TPSA) is 56.7 Å². The lowest BCUT2D eigenvalue weighted by Crippen LogP contribution is -2.32. The fourth-order valence-electron chi connectivity index (χ4n) is 2.91. The molecule has 0 amide bonds. The van der Waals surface area contributed by atoms with Crippen molar-refractivity contribution in [1.29, 1.82) is 0 Å². The summed E-state index contributed by atoms with van der Waals surface area (Å²) in [6.45, 7) is 2.30. The van der Waals surface area contributed by atoms with Gasteiger partial charge in [0.1, 0.15) is 17.4 Å². The van der Waals surface area contributed by atoms with E-state index in [-0.39, 0.29) is 28.4 Å². The summed E-state index contributed by atoms with van der Waals surface area (Å²) in [5.74, 6) is -0.700. The number of phenolic OH excluding ortho intramolecular Hbond substituents is 1. The molecule has 0 aromatic heterocycles. The minimum atomic E-state index is -0.345. The molecule has 7 heteroatoms. The van der Waals surface area contributed by atoms with Crippen molar-refractivity contribution in [1.82, 2.24) is 10.7 Å². The van der Waals surface area contributed by atoms with Gasteiger partial charge in [-0.05, 0) is 54.4 Å². The number of fused-ring (bicyclic) bond motifs is 1. The van der Waals surface area contributed by atoms with Crippen LogP contribution in [0.5, 0.6) is 5.75 Å². The highest BCUT2D eigenvalue weighted by atomic mass is 32.1. The molecule has 0 aliphatic heterocycles. The predicted molar refractivity (Wildman–Crippen MR) is 96.6 cm³/mol. The van der Waals surface area contributed by atoms with Gasteiger partial charge in [-0.3, -0.25) is 5.43 Å². The SMILES string of the molecule is C[C@@H]1C/C(=N\NC(=S)NCc2ccc(F)cc2)c2c(O)ccc(F)c21. The third kappa shape index (κ3) is 3.76. The van der Waals surface area contributed by atoms with Crippen LogP contribution in [-0.2, 0) is 6.54 Å². The van der Waals surface area contributed by atoms with Crippen molar-refractivity contribution in [2.45, 2.75) is 25.8 Å². The summed E-state index contributed by atoms with van der Waals surface area (Å²) in [7, 11) is 0. The van der Waals surface area contributed by atoms with Crippen molar-refractivity contribution in [3.05, 3.63) is 64.7 Å². The lowest BCUT2D eigenvalue weighted by molar-refractivity contribution is 0.470. The minimum absolute atomic E-state index is 0.00601. The van der Waals surface area contributed by atoms with Gasteiger partial charge in [0.05, 0.1) is 5.71 Å². The number of benzene rings is 2. The molecule has 0 fully saturated rings. The molecule has 0 saturated carbocycles. The van der Waals surface area contributed by atoms with Gasteiger partial charge >= 0.3 is 0 Å². The number of hydrogen-bond acceptors (Lipinski definition) is 3. The molecule has 3 N–H and O–H groups in total. The maximum Gasteiger partial charge on any atom is 0.187 e. The lowest BCUT2D eigenvalue weighted by Gasteiger charge is -2.09. The van der Waals surface area contributed by atoms with Gasteiger partial charge < -0.3 is 10.4 Å². The number of thiocarbonyl (C=S) groups is 1. The Bertz CT molecular complexity index is 837. The van der Waals surface area contributed by atoms with E-state index in [0.29, 0.717) is 29.8 Å². The molecule has 0 saturated heterocycles. The van der Waals surface area contributed by atoms with Gasteiger partial charge in [0.2, 0.25) is 0 Å². The average Bonchev–Trinajstić information content (AvgIpc) is 2.93. The van der Waals surface area contributed by atoms with Crippen LogP contribution in [-0.4, -0.2) is 15.9 Å². The van der Waals surface area contributed by atoms with E-state index in [1.165, 1.54) is 24.3 Å². The van der Waals surface area contributed by atoms with Crippen molar-refractivity contribution >= 4 is 23.0 Å². The van der Waals surface area contributed by atoms with Crippen LogP contribution in [0, 0.1) is 11.6 Å². The molecule has 4 nitrogen and oxygen atoms in total. The van der Waals surface area contributed by atoms with Gasteiger partial charge in [0.15, 0.2) is 5.11 Å². The van der Waals surface area contributed by atoms with Crippen LogP contribution in [0.15, 0.2) is 41.5 Å². The Balaban J connectivity index is 1.66. The number of rotatable bonds is 3. The normalized spacial score (nSPS) is 17.4. The first kappa shape index (κ1) is 17.3. The van der Waals surface area contributed by atoms with Crippen molar-refractivity contribution in [2.24, 2.45) is 5.10 Å². The van der Waals surface area contributed by atoms with E-state index in [9.17, 15) is 13.9 Å². The fourth-order valence-corrected chi connectivity index (χ4v) is 3.02. The van der Waals surface area contributed by atoms with Crippen molar-refractivity contribution < 1.29 is 13.9 Å².